The summed E-state index contributed by atoms with van der Waals surface area (Å²) >= 11 is 0. The van der Waals surface area contributed by atoms with Gasteiger partial charge in [-0.05, 0) is 43.4 Å². The molecule has 0 aromatic heterocycles. The van der Waals surface area contributed by atoms with Crippen LogP contribution >= 0.6 is 0 Å². The summed E-state index contributed by atoms with van der Waals surface area (Å²) in [5.41, 5.74) is 0.921. The van der Waals surface area contributed by atoms with E-state index >= 15 is 0 Å². The summed E-state index contributed by atoms with van der Waals surface area (Å²) in [6.07, 6.45) is 1.30. The van der Waals surface area contributed by atoms with Crippen LogP contribution in [0.1, 0.15) is 25.8 Å². The van der Waals surface area contributed by atoms with Gasteiger partial charge >= 0.3 is 5.97 Å². The molecule has 1 aliphatic rings. The number of carboxylic acids is 1. The van der Waals surface area contributed by atoms with Gasteiger partial charge in [-0.1, -0.05) is 19.1 Å². The van der Waals surface area contributed by atoms with Gasteiger partial charge in [0.2, 0.25) is 5.91 Å². The predicted octanol–water partition coefficient (Wildman–Crippen LogP) is 2.10. The third kappa shape index (κ3) is 4.48. The average molecular weight is 305 g/mol. The lowest BCUT2D eigenvalue weighted by Gasteiger charge is -2.14. The Morgan fingerprint density at radius 2 is 2.00 bits per heavy atom. The topological polar surface area (TPSA) is 75.6 Å². The molecule has 0 bridgehead atoms. The van der Waals surface area contributed by atoms with E-state index in [0.29, 0.717) is 18.9 Å². The molecule has 5 nitrogen and oxygen atoms in total. The van der Waals surface area contributed by atoms with Crippen molar-refractivity contribution >= 4 is 11.9 Å². The summed E-state index contributed by atoms with van der Waals surface area (Å²) in [7, 11) is 0. The highest BCUT2D eigenvalue weighted by atomic mass is 16.5. The second-order valence-corrected chi connectivity index (χ2v) is 5.88. The Bertz CT molecular complexity index is 526. The summed E-state index contributed by atoms with van der Waals surface area (Å²) in [5, 5.41) is 12.1. The Kier molecular flexibility index (Phi) is 5.41. The summed E-state index contributed by atoms with van der Waals surface area (Å²) in [4.78, 5) is 23.2. The van der Waals surface area contributed by atoms with Gasteiger partial charge in [0.05, 0.1) is 12.5 Å². The molecule has 0 heterocycles. The molecule has 2 rings (SSSR count). The van der Waals surface area contributed by atoms with Crippen molar-refractivity contribution in [3.05, 3.63) is 29.8 Å². The Balaban J connectivity index is 1.87. The molecule has 0 saturated heterocycles. The summed E-state index contributed by atoms with van der Waals surface area (Å²) in [5.74, 6) is -0.261. The highest BCUT2D eigenvalue weighted by Gasteiger charge is 2.39. The SMILES string of the molecule is CCOc1ccc(C[C@H](CNC(=O)[C@@H]2C[C@@H]2C)C(=O)O)cc1. The second-order valence-electron chi connectivity index (χ2n) is 5.88. The van der Waals surface area contributed by atoms with E-state index in [0.717, 1.165) is 17.7 Å². The quantitative estimate of drug-likeness (QED) is 0.771. The number of rotatable bonds is 8. The number of carboxylic acid groups (broad SMARTS) is 1. The predicted molar refractivity (Wildman–Crippen MR) is 82.7 cm³/mol. The number of carbonyl (C=O) groups is 2. The van der Waals surface area contributed by atoms with Crippen LogP contribution < -0.4 is 10.1 Å². The van der Waals surface area contributed by atoms with E-state index in [1.165, 1.54) is 0 Å². The Labute approximate surface area is 130 Å². The highest BCUT2D eigenvalue weighted by Crippen LogP contribution is 2.37. The molecule has 0 spiro atoms. The molecule has 1 aromatic carbocycles. The lowest BCUT2D eigenvalue weighted by atomic mass is 9.99. The van der Waals surface area contributed by atoms with Crippen LogP contribution in [0.3, 0.4) is 0 Å². The van der Waals surface area contributed by atoms with Gasteiger partial charge in [-0.15, -0.1) is 0 Å². The zero-order valence-electron chi connectivity index (χ0n) is 13.0. The monoisotopic (exact) mass is 305 g/mol. The molecule has 5 heteroatoms. The van der Waals surface area contributed by atoms with E-state index in [1.807, 2.05) is 38.1 Å². The first kappa shape index (κ1) is 16.3. The number of aliphatic carboxylic acids is 1. The average Bonchev–Trinajstić information content (AvgIpc) is 3.22. The smallest absolute Gasteiger partial charge is 0.308 e. The van der Waals surface area contributed by atoms with Gasteiger partial charge in [0.25, 0.3) is 0 Å². The number of nitrogens with one attached hydrogen (secondary N) is 1. The maximum atomic E-state index is 11.8. The van der Waals surface area contributed by atoms with Crippen molar-refractivity contribution in [3.63, 3.8) is 0 Å². The minimum atomic E-state index is -0.891. The molecular formula is C17H23NO4. The van der Waals surface area contributed by atoms with Crippen molar-refractivity contribution in [1.82, 2.24) is 5.32 Å². The molecule has 2 N–H and O–H groups in total. The van der Waals surface area contributed by atoms with E-state index in [2.05, 4.69) is 5.32 Å². The van der Waals surface area contributed by atoms with Crippen molar-refractivity contribution < 1.29 is 19.4 Å². The first-order valence-electron chi connectivity index (χ1n) is 7.73. The number of hydrogen-bond donors (Lipinski definition) is 2. The van der Waals surface area contributed by atoms with Gasteiger partial charge in [-0.25, -0.2) is 0 Å². The molecule has 1 fully saturated rings. The molecule has 0 unspecified atom stereocenters. The molecule has 1 aromatic rings. The van der Waals surface area contributed by atoms with Crippen LogP contribution in [0.5, 0.6) is 5.75 Å². The fraction of sp³-hybridized carbons (Fsp3) is 0.529. The minimum Gasteiger partial charge on any atom is -0.494 e. The standard InChI is InChI=1S/C17H23NO4/c1-3-22-14-6-4-12(5-7-14)9-13(17(20)21)10-18-16(19)15-8-11(15)2/h4-7,11,13,15H,3,8-10H2,1-2H3,(H,18,19)(H,20,21)/t11-,13+,15+/m0/s1. The Morgan fingerprint density at radius 1 is 1.36 bits per heavy atom. The molecule has 3 atom stereocenters. The van der Waals surface area contributed by atoms with Crippen LogP contribution in [-0.4, -0.2) is 30.1 Å². The maximum absolute atomic E-state index is 11.8. The normalized spacial score (nSPS) is 21.0. The lowest BCUT2D eigenvalue weighted by molar-refractivity contribution is -0.141. The number of benzene rings is 1. The van der Waals surface area contributed by atoms with Gasteiger partial charge < -0.3 is 15.2 Å². The number of hydrogen-bond acceptors (Lipinski definition) is 3. The maximum Gasteiger partial charge on any atom is 0.308 e. The van der Waals surface area contributed by atoms with Crippen molar-refractivity contribution in [3.8, 4) is 5.75 Å². The summed E-state index contributed by atoms with van der Waals surface area (Å²) < 4.78 is 5.36. The third-order valence-corrected chi connectivity index (χ3v) is 4.03. The number of amides is 1. The van der Waals surface area contributed by atoms with Gasteiger partial charge in [-0.2, -0.15) is 0 Å². The number of ether oxygens (including phenoxy) is 1. The van der Waals surface area contributed by atoms with Gasteiger partial charge in [0.1, 0.15) is 5.75 Å². The first-order valence-corrected chi connectivity index (χ1v) is 7.73. The third-order valence-electron chi connectivity index (χ3n) is 4.03. The highest BCUT2D eigenvalue weighted by molar-refractivity contribution is 5.82. The molecule has 120 valence electrons. The Hall–Kier alpha value is -2.04. The van der Waals surface area contributed by atoms with Crippen molar-refractivity contribution in [2.45, 2.75) is 26.7 Å². The van der Waals surface area contributed by atoms with Gasteiger partial charge in [0.15, 0.2) is 0 Å². The van der Waals surface area contributed by atoms with Gasteiger partial charge in [0, 0.05) is 12.5 Å². The summed E-state index contributed by atoms with van der Waals surface area (Å²) in [6.45, 7) is 4.71. The van der Waals surface area contributed by atoms with Crippen LogP contribution in [0.25, 0.3) is 0 Å². The van der Waals surface area contributed by atoms with Crippen LogP contribution in [0.4, 0.5) is 0 Å². The van der Waals surface area contributed by atoms with E-state index in [1.54, 1.807) is 0 Å². The fourth-order valence-corrected chi connectivity index (χ4v) is 2.46. The van der Waals surface area contributed by atoms with Crippen LogP contribution in [0, 0.1) is 17.8 Å². The van der Waals surface area contributed by atoms with E-state index < -0.39 is 11.9 Å². The van der Waals surface area contributed by atoms with Crippen LogP contribution in [0.15, 0.2) is 24.3 Å². The zero-order valence-corrected chi connectivity index (χ0v) is 13.0. The van der Waals surface area contributed by atoms with Crippen molar-refractivity contribution in [2.75, 3.05) is 13.2 Å². The largest absolute Gasteiger partial charge is 0.494 e. The molecule has 0 radical (unpaired) electrons. The Morgan fingerprint density at radius 3 is 2.50 bits per heavy atom. The van der Waals surface area contributed by atoms with Gasteiger partial charge in [-0.3, -0.25) is 9.59 Å². The molecule has 1 amide bonds. The van der Waals surface area contributed by atoms with Crippen LogP contribution in [0.2, 0.25) is 0 Å². The fourth-order valence-electron chi connectivity index (χ4n) is 2.46. The van der Waals surface area contributed by atoms with E-state index in [-0.39, 0.29) is 18.4 Å². The molecule has 0 aliphatic heterocycles. The lowest BCUT2D eigenvalue weighted by Crippen LogP contribution is -2.35. The first-order chi connectivity index (χ1) is 10.5. The second kappa shape index (κ2) is 7.29. The summed E-state index contributed by atoms with van der Waals surface area (Å²) in [6, 6.07) is 7.40. The van der Waals surface area contributed by atoms with E-state index in [4.69, 9.17) is 4.74 Å². The molecule has 1 saturated carbocycles. The zero-order chi connectivity index (χ0) is 16.1. The van der Waals surface area contributed by atoms with Crippen molar-refractivity contribution in [1.29, 1.82) is 0 Å². The molecular weight excluding hydrogens is 282 g/mol. The molecule has 1 aliphatic carbocycles. The number of carbonyl (C=O) groups excluding carboxylic acids is 1. The van der Waals surface area contributed by atoms with Crippen LogP contribution in [-0.2, 0) is 16.0 Å². The molecule has 22 heavy (non-hydrogen) atoms. The minimum absolute atomic E-state index is 0.0227. The van der Waals surface area contributed by atoms with Crippen molar-refractivity contribution in [2.24, 2.45) is 17.8 Å². The van der Waals surface area contributed by atoms with E-state index in [9.17, 15) is 14.7 Å².